The number of hydrogen-bond acceptors (Lipinski definition) is 6. The lowest BCUT2D eigenvalue weighted by Crippen LogP contribution is -2.27. The number of methoxy groups -OCH3 is 1. The normalized spacial score (nSPS) is 12.1. The van der Waals surface area contributed by atoms with Crippen molar-refractivity contribution in [3.63, 3.8) is 0 Å². The van der Waals surface area contributed by atoms with Gasteiger partial charge < -0.3 is 15.8 Å². The molecule has 8 nitrogen and oxygen atoms in total. The van der Waals surface area contributed by atoms with Crippen LogP contribution in [0.1, 0.15) is 42.3 Å². The second kappa shape index (κ2) is 8.99. The molecule has 0 radical (unpaired) electrons. The molecule has 0 aliphatic rings. The number of carbonyl (C=O) groups excluding carboxylic acids is 1. The molecule has 0 saturated heterocycles. The van der Waals surface area contributed by atoms with Gasteiger partial charge in [0.2, 0.25) is 0 Å². The number of hydrogen-bond donors (Lipinski definition) is 2. The van der Waals surface area contributed by atoms with Crippen molar-refractivity contribution in [2.75, 3.05) is 26.0 Å². The van der Waals surface area contributed by atoms with Gasteiger partial charge in [-0.15, -0.1) is 0 Å². The summed E-state index contributed by atoms with van der Waals surface area (Å²) in [5.41, 5.74) is 11.1. The van der Waals surface area contributed by atoms with Gasteiger partial charge in [-0.1, -0.05) is 57.2 Å². The molecule has 33 heavy (non-hydrogen) atoms. The van der Waals surface area contributed by atoms with Gasteiger partial charge in [0.25, 0.3) is 5.91 Å². The zero-order valence-electron chi connectivity index (χ0n) is 19.3. The van der Waals surface area contributed by atoms with Crippen molar-refractivity contribution < 1.29 is 9.53 Å². The number of fused-ring (bicyclic) bond motifs is 2. The summed E-state index contributed by atoms with van der Waals surface area (Å²) in [5.74, 6) is -0.166. The average Bonchev–Trinajstić information content (AvgIpc) is 3.06. The first-order chi connectivity index (χ1) is 15.8. The minimum Gasteiger partial charge on any atom is -0.383 e. The van der Waals surface area contributed by atoms with E-state index in [0.29, 0.717) is 35.3 Å². The Labute approximate surface area is 192 Å². The van der Waals surface area contributed by atoms with E-state index in [0.717, 1.165) is 5.56 Å². The molecule has 170 valence electrons. The number of aromatic nitrogens is 3. The molecule has 2 heterocycles. The predicted molar refractivity (Wildman–Crippen MR) is 132 cm³/mol. The Morgan fingerprint density at radius 1 is 1.12 bits per heavy atom. The quantitative estimate of drug-likeness (QED) is 0.348. The zero-order valence-corrected chi connectivity index (χ0v) is 19.3. The van der Waals surface area contributed by atoms with E-state index in [2.05, 4.69) is 48.3 Å². The maximum absolute atomic E-state index is 12.9. The lowest BCUT2D eigenvalue weighted by atomic mass is 9.87. The Balaban J connectivity index is 1.79. The van der Waals surface area contributed by atoms with E-state index in [1.165, 1.54) is 10.2 Å². The van der Waals surface area contributed by atoms with Crippen LogP contribution in [-0.2, 0) is 10.2 Å². The fourth-order valence-electron chi connectivity index (χ4n) is 3.54. The van der Waals surface area contributed by atoms with Crippen LogP contribution in [0.3, 0.4) is 0 Å². The van der Waals surface area contributed by atoms with Crippen LogP contribution in [0.5, 0.6) is 0 Å². The van der Waals surface area contributed by atoms with E-state index in [9.17, 15) is 4.79 Å². The third-order valence-electron chi connectivity index (χ3n) is 5.39. The van der Waals surface area contributed by atoms with E-state index < -0.39 is 0 Å². The predicted octanol–water partition coefficient (Wildman–Crippen LogP) is 3.72. The fourth-order valence-corrected chi connectivity index (χ4v) is 3.54. The second-order valence-corrected chi connectivity index (χ2v) is 8.82. The minimum atomic E-state index is -0.345. The largest absolute Gasteiger partial charge is 0.383 e. The highest BCUT2D eigenvalue weighted by Gasteiger charge is 2.24. The van der Waals surface area contributed by atoms with Gasteiger partial charge in [-0.2, -0.15) is 9.78 Å². The molecule has 0 atom stereocenters. The number of amides is 1. The van der Waals surface area contributed by atoms with Crippen LogP contribution < -0.4 is 11.1 Å². The molecule has 8 heteroatoms. The average molecular weight is 445 g/mol. The van der Waals surface area contributed by atoms with Crippen molar-refractivity contribution in [3.05, 3.63) is 65.2 Å². The van der Waals surface area contributed by atoms with Gasteiger partial charge in [-0.3, -0.25) is 4.79 Å². The lowest BCUT2D eigenvalue weighted by Gasteiger charge is -2.18. The first kappa shape index (κ1) is 22.4. The first-order valence-electron chi connectivity index (χ1n) is 10.8. The van der Waals surface area contributed by atoms with Gasteiger partial charge in [0.15, 0.2) is 5.65 Å². The van der Waals surface area contributed by atoms with Crippen molar-refractivity contribution in [3.8, 4) is 0 Å². The van der Waals surface area contributed by atoms with Crippen molar-refractivity contribution in [2.24, 2.45) is 5.10 Å². The Bertz CT molecular complexity index is 1330. The summed E-state index contributed by atoms with van der Waals surface area (Å²) in [6, 6.07) is 15.7. The second-order valence-electron chi connectivity index (χ2n) is 8.82. The van der Waals surface area contributed by atoms with Gasteiger partial charge >= 0.3 is 0 Å². The van der Waals surface area contributed by atoms with Gasteiger partial charge in [0.1, 0.15) is 16.9 Å². The monoisotopic (exact) mass is 444 g/mol. The summed E-state index contributed by atoms with van der Waals surface area (Å²) in [7, 11) is 1.58. The topological polar surface area (TPSA) is 107 Å². The van der Waals surface area contributed by atoms with Crippen LogP contribution in [0.2, 0.25) is 0 Å². The van der Waals surface area contributed by atoms with E-state index >= 15 is 0 Å². The number of para-hydroxylation sites is 2. The molecule has 0 aliphatic heterocycles. The highest BCUT2D eigenvalue weighted by molar-refractivity contribution is 6.10. The highest BCUT2D eigenvalue weighted by atomic mass is 16.5. The maximum Gasteiger partial charge on any atom is 0.257 e. The summed E-state index contributed by atoms with van der Waals surface area (Å²) < 4.78 is 6.49. The molecule has 2 aromatic carbocycles. The highest BCUT2D eigenvalue weighted by Crippen LogP contribution is 2.28. The molecule has 3 N–H and O–H groups in total. The van der Waals surface area contributed by atoms with Gasteiger partial charge in [-0.25, -0.2) is 9.97 Å². The fraction of sp³-hybridized carbons (Fsp3) is 0.280. The molecule has 0 bridgehead atoms. The smallest absolute Gasteiger partial charge is 0.257 e. The summed E-state index contributed by atoms with van der Waals surface area (Å²) in [6.07, 6.45) is 1.70. The minimum absolute atomic E-state index is 0.0679. The molecule has 0 spiro atoms. The standard InChI is InChI=1S/C25H28N6O2/c1-25(2,3)17-11-9-16(10-12-17)15-28-31-22(26)20(24(32)27-13-14-33-4)21-23(31)30-19-8-6-5-7-18(19)29-21/h5-12,15H,13-14,26H2,1-4H3,(H,27,32)/b28-15+. The van der Waals surface area contributed by atoms with Crippen LogP contribution in [0.25, 0.3) is 22.2 Å². The first-order valence-corrected chi connectivity index (χ1v) is 10.8. The van der Waals surface area contributed by atoms with Crippen molar-refractivity contribution in [2.45, 2.75) is 26.2 Å². The van der Waals surface area contributed by atoms with Crippen LogP contribution in [0.15, 0.2) is 53.6 Å². The van der Waals surface area contributed by atoms with Gasteiger partial charge in [-0.05, 0) is 28.7 Å². The van der Waals surface area contributed by atoms with Gasteiger partial charge in [0.05, 0.1) is 23.9 Å². The number of benzene rings is 2. The molecule has 1 amide bonds. The molecular weight excluding hydrogens is 416 g/mol. The number of anilines is 1. The summed E-state index contributed by atoms with van der Waals surface area (Å²) in [4.78, 5) is 22.3. The molecule has 0 fully saturated rings. The number of nitrogens with two attached hydrogens (primary N) is 1. The van der Waals surface area contributed by atoms with Crippen LogP contribution in [0, 0.1) is 0 Å². The van der Waals surface area contributed by atoms with Crippen molar-refractivity contribution >= 4 is 40.1 Å². The molecule has 4 rings (SSSR count). The molecule has 0 aliphatic carbocycles. The van der Waals surface area contributed by atoms with Crippen LogP contribution >= 0.6 is 0 Å². The summed E-state index contributed by atoms with van der Waals surface area (Å²) in [6.45, 7) is 7.26. The third kappa shape index (κ3) is 4.56. The van der Waals surface area contributed by atoms with Crippen LogP contribution in [-0.4, -0.2) is 47.0 Å². The Kier molecular flexibility index (Phi) is 6.11. The molecule has 0 saturated carbocycles. The van der Waals surface area contributed by atoms with E-state index in [1.54, 1.807) is 13.3 Å². The van der Waals surface area contributed by atoms with Crippen LogP contribution in [0.4, 0.5) is 5.82 Å². The van der Waals surface area contributed by atoms with Crippen molar-refractivity contribution in [1.29, 1.82) is 0 Å². The Morgan fingerprint density at radius 3 is 2.42 bits per heavy atom. The lowest BCUT2D eigenvalue weighted by molar-refractivity contribution is 0.0939. The molecule has 4 aromatic rings. The molecule has 0 unspecified atom stereocenters. The number of nitrogens with one attached hydrogen (secondary N) is 1. The van der Waals surface area contributed by atoms with E-state index in [4.69, 9.17) is 15.5 Å². The van der Waals surface area contributed by atoms with Gasteiger partial charge in [0, 0.05) is 13.7 Å². The number of nitrogen functional groups attached to an aromatic ring is 1. The van der Waals surface area contributed by atoms with Crippen molar-refractivity contribution in [1.82, 2.24) is 20.0 Å². The number of rotatable bonds is 6. The summed E-state index contributed by atoms with van der Waals surface area (Å²) >= 11 is 0. The van der Waals surface area contributed by atoms with E-state index in [-0.39, 0.29) is 22.7 Å². The maximum atomic E-state index is 12.9. The SMILES string of the molecule is COCCNC(=O)c1c(N)n(/N=C/c2ccc(C(C)(C)C)cc2)c2nc3ccccc3nc12. The molecule has 2 aromatic heterocycles. The van der Waals surface area contributed by atoms with E-state index in [1.807, 2.05) is 36.4 Å². The molecular formula is C25H28N6O2. The Morgan fingerprint density at radius 2 is 1.79 bits per heavy atom. The number of carbonyl (C=O) groups is 1. The summed E-state index contributed by atoms with van der Waals surface area (Å²) in [5, 5.41) is 7.37. The number of nitrogens with zero attached hydrogens (tertiary/aromatic N) is 4. The Hall–Kier alpha value is -3.78. The number of ether oxygens (including phenoxy) is 1. The third-order valence-corrected chi connectivity index (χ3v) is 5.39. The zero-order chi connectivity index (χ0) is 23.6.